The van der Waals surface area contributed by atoms with Crippen molar-refractivity contribution in [3.8, 4) is 0 Å². The van der Waals surface area contributed by atoms with Crippen LogP contribution < -0.4 is 0 Å². The van der Waals surface area contributed by atoms with E-state index in [-0.39, 0.29) is 0 Å². The van der Waals surface area contributed by atoms with Gasteiger partial charge in [-0.3, -0.25) is 0 Å². The Hall–Kier alpha value is 0.0900. The van der Waals surface area contributed by atoms with Crippen LogP contribution in [0.1, 0.15) is 24.1 Å². The number of rotatable bonds is 7. The molecule has 0 aliphatic heterocycles. The van der Waals surface area contributed by atoms with E-state index in [0.717, 1.165) is 29.5 Å². The summed E-state index contributed by atoms with van der Waals surface area (Å²) in [6, 6.07) is 3.53. The van der Waals surface area contributed by atoms with E-state index in [1.54, 1.807) is 13.1 Å². The van der Waals surface area contributed by atoms with Crippen LogP contribution in [0.15, 0.2) is 16.3 Å². The van der Waals surface area contributed by atoms with Gasteiger partial charge >= 0.3 is 0 Å². The molecule has 0 fully saturated rings. The molecule has 0 aliphatic carbocycles. The second-order valence-corrected chi connectivity index (χ2v) is 8.29. The molecule has 0 saturated heterocycles. The monoisotopic (exact) mass is 339 g/mol. The van der Waals surface area contributed by atoms with Crippen molar-refractivity contribution in [1.29, 1.82) is 0 Å². The highest BCUT2D eigenvalue weighted by atomic mass is 79.9. The molecule has 98 valence electrons. The highest BCUT2D eigenvalue weighted by Crippen LogP contribution is 2.23. The van der Waals surface area contributed by atoms with E-state index in [1.807, 2.05) is 13.0 Å². The van der Waals surface area contributed by atoms with Gasteiger partial charge in [-0.05, 0) is 31.9 Å². The Balaban J connectivity index is 2.58. The van der Waals surface area contributed by atoms with Crippen molar-refractivity contribution in [2.45, 2.75) is 30.4 Å². The topological polar surface area (TPSA) is 37.4 Å². The molecule has 1 rings (SSSR count). The average molecular weight is 340 g/mol. The molecule has 0 atom stereocenters. The molecule has 0 bridgehead atoms. The number of hydrogen-bond acceptors (Lipinski definition) is 3. The summed E-state index contributed by atoms with van der Waals surface area (Å²) < 4.78 is 26.2. The Labute approximate surface area is 116 Å². The van der Waals surface area contributed by atoms with E-state index >= 15 is 0 Å². The molecule has 0 amide bonds. The number of alkyl halides is 1. The van der Waals surface area contributed by atoms with Crippen molar-refractivity contribution < 1.29 is 8.42 Å². The van der Waals surface area contributed by atoms with Gasteiger partial charge in [0.25, 0.3) is 10.0 Å². The van der Waals surface area contributed by atoms with Crippen molar-refractivity contribution in [1.82, 2.24) is 4.31 Å². The Bertz CT molecular complexity index is 442. The minimum atomic E-state index is -3.27. The minimum absolute atomic E-state index is 0.443. The van der Waals surface area contributed by atoms with Crippen LogP contribution in [0.4, 0.5) is 0 Å². The summed E-state index contributed by atoms with van der Waals surface area (Å²) in [5.41, 5.74) is 0. The quantitative estimate of drug-likeness (QED) is 0.564. The predicted octanol–water partition coefficient (Wildman–Crippen LogP) is 3.24. The lowest BCUT2D eigenvalue weighted by molar-refractivity contribution is 0.456. The average Bonchev–Trinajstić information content (AvgIpc) is 2.71. The van der Waals surface area contributed by atoms with E-state index in [9.17, 15) is 8.42 Å². The maximum Gasteiger partial charge on any atom is 0.252 e. The number of hydrogen-bond donors (Lipinski definition) is 0. The number of unbranched alkanes of at least 4 members (excludes halogenated alkanes) is 2. The van der Waals surface area contributed by atoms with Crippen molar-refractivity contribution in [3.05, 3.63) is 17.0 Å². The third kappa shape index (κ3) is 4.35. The lowest BCUT2D eigenvalue weighted by atomic mass is 10.2. The molecular weight excluding hydrogens is 322 g/mol. The molecule has 0 saturated carbocycles. The molecule has 3 nitrogen and oxygen atoms in total. The van der Waals surface area contributed by atoms with Crippen molar-refractivity contribution >= 4 is 37.3 Å². The Morgan fingerprint density at radius 3 is 2.53 bits per heavy atom. The van der Waals surface area contributed by atoms with Crippen molar-refractivity contribution in [3.63, 3.8) is 0 Å². The molecule has 0 aliphatic rings. The van der Waals surface area contributed by atoms with E-state index in [4.69, 9.17) is 0 Å². The summed E-state index contributed by atoms with van der Waals surface area (Å²) in [5, 5.41) is 0.980. The van der Waals surface area contributed by atoms with Gasteiger partial charge in [-0.1, -0.05) is 22.4 Å². The molecule has 6 heteroatoms. The largest absolute Gasteiger partial charge is 0.252 e. The maximum atomic E-state index is 12.1. The fraction of sp³-hybridized carbons (Fsp3) is 0.636. The van der Waals surface area contributed by atoms with Gasteiger partial charge in [0.15, 0.2) is 0 Å². The first-order valence-electron chi connectivity index (χ1n) is 5.57. The van der Waals surface area contributed by atoms with E-state index < -0.39 is 10.0 Å². The van der Waals surface area contributed by atoms with E-state index in [1.165, 1.54) is 15.6 Å². The van der Waals surface area contributed by atoms with Crippen LogP contribution in [-0.4, -0.2) is 31.6 Å². The predicted molar refractivity (Wildman–Crippen MR) is 76.5 cm³/mol. The van der Waals surface area contributed by atoms with Crippen LogP contribution in [-0.2, 0) is 10.0 Å². The highest BCUT2D eigenvalue weighted by Gasteiger charge is 2.21. The van der Waals surface area contributed by atoms with Gasteiger partial charge in [-0.2, -0.15) is 0 Å². The fourth-order valence-corrected chi connectivity index (χ4v) is 4.53. The summed E-state index contributed by atoms with van der Waals surface area (Å²) in [6.07, 6.45) is 3.05. The summed E-state index contributed by atoms with van der Waals surface area (Å²) in [6.45, 7) is 2.51. The lowest BCUT2D eigenvalue weighted by Gasteiger charge is -2.15. The SMILES string of the molecule is Cc1ccc(S(=O)(=O)N(C)CCCCCBr)s1. The number of thiophene rings is 1. The normalized spacial score (nSPS) is 12.2. The summed E-state index contributed by atoms with van der Waals surface area (Å²) in [4.78, 5) is 1.02. The first kappa shape index (κ1) is 15.1. The Morgan fingerprint density at radius 1 is 1.29 bits per heavy atom. The molecule has 0 aromatic carbocycles. The van der Waals surface area contributed by atoms with Gasteiger partial charge in [-0.15, -0.1) is 11.3 Å². The van der Waals surface area contributed by atoms with Crippen molar-refractivity contribution in [2.24, 2.45) is 0 Å². The smallest absolute Gasteiger partial charge is 0.206 e. The zero-order valence-corrected chi connectivity index (χ0v) is 13.4. The number of aryl methyl sites for hydroxylation is 1. The second-order valence-electron chi connectivity index (χ2n) is 3.94. The second kappa shape index (κ2) is 6.87. The van der Waals surface area contributed by atoms with Crippen LogP contribution in [0.3, 0.4) is 0 Å². The van der Waals surface area contributed by atoms with Crippen LogP contribution in [0.2, 0.25) is 0 Å². The summed E-state index contributed by atoms with van der Waals surface area (Å²) in [7, 11) is -1.61. The number of halogens is 1. The summed E-state index contributed by atoms with van der Waals surface area (Å²) in [5.74, 6) is 0. The third-order valence-corrected chi connectivity index (χ3v) is 6.37. The van der Waals surface area contributed by atoms with Crippen LogP contribution in [0.25, 0.3) is 0 Å². The molecule has 1 aromatic rings. The zero-order chi connectivity index (χ0) is 12.9. The van der Waals surface area contributed by atoms with Gasteiger partial charge in [0.1, 0.15) is 4.21 Å². The van der Waals surface area contributed by atoms with E-state index in [2.05, 4.69) is 15.9 Å². The standard InChI is InChI=1S/C11H18BrNO2S2/c1-10-6-7-11(16-10)17(14,15)13(2)9-5-3-4-8-12/h6-7H,3-5,8-9H2,1-2H3. The highest BCUT2D eigenvalue weighted by molar-refractivity contribution is 9.09. The number of nitrogens with zero attached hydrogens (tertiary/aromatic N) is 1. The molecule has 1 aromatic heterocycles. The van der Waals surface area contributed by atoms with Crippen LogP contribution >= 0.6 is 27.3 Å². The van der Waals surface area contributed by atoms with Gasteiger partial charge in [0, 0.05) is 23.8 Å². The van der Waals surface area contributed by atoms with Gasteiger partial charge in [0.2, 0.25) is 0 Å². The molecule has 0 N–H and O–H groups in total. The van der Waals surface area contributed by atoms with Gasteiger partial charge < -0.3 is 0 Å². The first-order chi connectivity index (χ1) is 7.98. The number of sulfonamides is 1. The molecule has 17 heavy (non-hydrogen) atoms. The molecule has 0 radical (unpaired) electrons. The molecule has 0 unspecified atom stereocenters. The van der Waals surface area contributed by atoms with Crippen LogP contribution in [0.5, 0.6) is 0 Å². The molecule has 0 spiro atoms. The van der Waals surface area contributed by atoms with Crippen molar-refractivity contribution in [2.75, 3.05) is 18.9 Å². The van der Waals surface area contributed by atoms with Gasteiger partial charge in [0.05, 0.1) is 0 Å². The maximum absolute atomic E-state index is 12.1. The zero-order valence-electron chi connectivity index (χ0n) is 10.1. The van der Waals surface area contributed by atoms with E-state index in [0.29, 0.717) is 10.8 Å². The Morgan fingerprint density at radius 2 is 2.00 bits per heavy atom. The summed E-state index contributed by atoms with van der Waals surface area (Å²) >= 11 is 4.69. The molecular formula is C11H18BrNO2S2. The van der Waals surface area contributed by atoms with Crippen LogP contribution in [0, 0.1) is 6.92 Å². The fourth-order valence-electron chi connectivity index (χ4n) is 1.43. The third-order valence-electron chi connectivity index (χ3n) is 2.49. The molecule has 1 heterocycles. The first-order valence-corrected chi connectivity index (χ1v) is 8.95. The Kier molecular flexibility index (Phi) is 6.12. The lowest BCUT2D eigenvalue weighted by Crippen LogP contribution is -2.27. The van der Waals surface area contributed by atoms with Gasteiger partial charge in [-0.25, -0.2) is 12.7 Å². The minimum Gasteiger partial charge on any atom is -0.206 e.